The summed E-state index contributed by atoms with van der Waals surface area (Å²) >= 11 is 1.26. The van der Waals surface area contributed by atoms with E-state index in [1.165, 1.54) is 50.1 Å². The highest BCUT2D eigenvalue weighted by Gasteiger charge is 2.16. The van der Waals surface area contributed by atoms with Gasteiger partial charge in [-0.3, -0.25) is 14.6 Å². The number of fused-ring (bicyclic) bond motifs is 1. The third-order valence-electron chi connectivity index (χ3n) is 4.80. The Balaban J connectivity index is 1.50. The number of benzene rings is 2. The molecule has 0 aliphatic heterocycles. The van der Waals surface area contributed by atoms with Crippen LogP contribution in [0.15, 0.2) is 54.2 Å². The predicted octanol–water partition coefficient (Wildman–Crippen LogP) is 4.13. The SMILES string of the molecule is COc1ccc(C(=O)NCC(=O)c2cncc(-c3csc4c(F)cccc34)n2)cc1OC. The van der Waals surface area contributed by atoms with E-state index in [4.69, 9.17) is 9.47 Å². The number of ether oxygens (including phenoxy) is 2. The first-order valence-electron chi connectivity index (χ1n) is 9.53. The van der Waals surface area contributed by atoms with Crippen LogP contribution in [0.2, 0.25) is 0 Å². The topological polar surface area (TPSA) is 90.4 Å². The maximum absolute atomic E-state index is 14.0. The minimum absolute atomic E-state index is 0.103. The molecule has 0 aliphatic rings. The molecule has 0 bridgehead atoms. The number of aromatic nitrogens is 2. The molecule has 4 rings (SSSR count). The molecule has 0 aliphatic carbocycles. The average molecular weight is 451 g/mol. The number of carbonyl (C=O) groups is 2. The maximum Gasteiger partial charge on any atom is 0.251 e. The monoisotopic (exact) mass is 451 g/mol. The van der Waals surface area contributed by atoms with E-state index in [1.807, 2.05) is 0 Å². The van der Waals surface area contributed by atoms with Gasteiger partial charge in [0.15, 0.2) is 11.5 Å². The molecule has 162 valence electrons. The van der Waals surface area contributed by atoms with Gasteiger partial charge in [0.25, 0.3) is 5.91 Å². The van der Waals surface area contributed by atoms with Crippen LogP contribution in [0.25, 0.3) is 21.3 Å². The zero-order valence-electron chi connectivity index (χ0n) is 17.2. The molecule has 4 aromatic rings. The fraction of sp³-hybridized carbons (Fsp3) is 0.130. The van der Waals surface area contributed by atoms with Crippen LogP contribution in [0.1, 0.15) is 20.8 Å². The molecule has 2 aromatic carbocycles. The van der Waals surface area contributed by atoms with E-state index in [2.05, 4.69) is 15.3 Å². The molecule has 2 heterocycles. The summed E-state index contributed by atoms with van der Waals surface area (Å²) in [5.74, 6) is -0.254. The summed E-state index contributed by atoms with van der Waals surface area (Å²) in [4.78, 5) is 33.6. The molecule has 0 saturated heterocycles. The van der Waals surface area contributed by atoms with Crippen molar-refractivity contribution in [3.05, 3.63) is 71.2 Å². The molecule has 0 fully saturated rings. The normalized spacial score (nSPS) is 10.7. The number of nitrogens with one attached hydrogen (secondary N) is 1. The van der Waals surface area contributed by atoms with Crippen LogP contribution >= 0.6 is 11.3 Å². The zero-order valence-corrected chi connectivity index (χ0v) is 18.0. The third kappa shape index (κ3) is 4.15. The summed E-state index contributed by atoms with van der Waals surface area (Å²) in [7, 11) is 2.97. The fourth-order valence-electron chi connectivity index (χ4n) is 3.18. The summed E-state index contributed by atoms with van der Waals surface area (Å²) < 4.78 is 24.9. The van der Waals surface area contributed by atoms with Crippen molar-refractivity contribution in [2.24, 2.45) is 0 Å². The quantitative estimate of drug-likeness (QED) is 0.425. The molecule has 1 N–H and O–H groups in total. The van der Waals surface area contributed by atoms with E-state index in [-0.39, 0.29) is 18.1 Å². The lowest BCUT2D eigenvalue weighted by Gasteiger charge is -2.10. The second-order valence-corrected chi connectivity index (χ2v) is 7.61. The highest BCUT2D eigenvalue weighted by molar-refractivity contribution is 7.17. The first kappa shape index (κ1) is 21.4. The van der Waals surface area contributed by atoms with Crippen LogP contribution in [-0.4, -0.2) is 42.4 Å². The molecule has 0 atom stereocenters. The number of carbonyl (C=O) groups excluding carboxylic acids is 2. The average Bonchev–Trinajstić information content (AvgIpc) is 3.27. The Morgan fingerprint density at radius 1 is 1.09 bits per heavy atom. The van der Waals surface area contributed by atoms with Crippen LogP contribution in [-0.2, 0) is 0 Å². The van der Waals surface area contributed by atoms with Gasteiger partial charge in [0.1, 0.15) is 11.5 Å². The number of hydrogen-bond donors (Lipinski definition) is 1. The zero-order chi connectivity index (χ0) is 22.7. The molecular formula is C23H18FN3O4S. The first-order chi connectivity index (χ1) is 15.5. The van der Waals surface area contributed by atoms with Crippen LogP contribution in [0.3, 0.4) is 0 Å². The molecule has 1 amide bonds. The fourth-order valence-corrected chi connectivity index (χ4v) is 4.15. The summed E-state index contributed by atoms with van der Waals surface area (Å²) in [6.45, 7) is -0.260. The maximum atomic E-state index is 14.0. The summed E-state index contributed by atoms with van der Waals surface area (Å²) in [6.07, 6.45) is 2.86. The van der Waals surface area contributed by atoms with E-state index >= 15 is 0 Å². The minimum atomic E-state index is -0.442. The Kier molecular flexibility index (Phi) is 6.09. The largest absolute Gasteiger partial charge is 0.493 e. The van der Waals surface area contributed by atoms with E-state index in [9.17, 15) is 14.0 Å². The van der Waals surface area contributed by atoms with Crippen LogP contribution in [0.4, 0.5) is 4.39 Å². The predicted molar refractivity (Wildman–Crippen MR) is 119 cm³/mol. The van der Waals surface area contributed by atoms with Gasteiger partial charge in [-0.2, -0.15) is 0 Å². The summed E-state index contributed by atoms with van der Waals surface area (Å²) in [5, 5.41) is 5.06. The van der Waals surface area contributed by atoms with Crippen molar-refractivity contribution in [1.29, 1.82) is 0 Å². The van der Waals surface area contributed by atoms with Crippen molar-refractivity contribution in [3.8, 4) is 22.8 Å². The molecular weight excluding hydrogens is 433 g/mol. The van der Waals surface area contributed by atoms with Crippen molar-refractivity contribution in [2.75, 3.05) is 20.8 Å². The van der Waals surface area contributed by atoms with Gasteiger partial charge < -0.3 is 14.8 Å². The van der Waals surface area contributed by atoms with Crippen molar-refractivity contribution >= 4 is 33.1 Å². The van der Waals surface area contributed by atoms with E-state index in [0.29, 0.717) is 38.4 Å². The van der Waals surface area contributed by atoms with Gasteiger partial charge in [-0.05, 0) is 24.3 Å². The lowest BCUT2D eigenvalue weighted by Crippen LogP contribution is -2.30. The van der Waals surface area contributed by atoms with Crippen LogP contribution in [0.5, 0.6) is 11.5 Å². The van der Waals surface area contributed by atoms with Crippen molar-refractivity contribution < 1.29 is 23.5 Å². The number of rotatable bonds is 7. The number of nitrogens with zero attached hydrogens (tertiary/aromatic N) is 2. The van der Waals surface area contributed by atoms with Crippen molar-refractivity contribution in [2.45, 2.75) is 0 Å². The smallest absolute Gasteiger partial charge is 0.251 e. The molecule has 2 aromatic heterocycles. The van der Waals surface area contributed by atoms with Crippen molar-refractivity contribution in [1.82, 2.24) is 15.3 Å². The lowest BCUT2D eigenvalue weighted by atomic mass is 10.1. The molecule has 0 unspecified atom stereocenters. The van der Waals surface area contributed by atoms with Gasteiger partial charge in [-0.1, -0.05) is 12.1 Å². The van der Waals surface area contributed by atoms with Crippen LogP contribution < -0.4 is 14.8 Å². The Hall–Kier alpha value is -3.85. The molecule has 32 heavy (non-hydrogen) atoms. The number of Topliss-reactive ketones (excluding diaryl/α,β-unsaturated/α-hetero) is 1. The van der Waals surface area contributed by atoms with Gasteiger partial charge in [0, 0.05) is 21.9 Å². The minimum Gasteiger partial charge on any atom is -0.493 e. The second-order valence-electron chi connectivity index (χ2n) is 6.73. The molecule has 0 radical (unpaired) electrons. The van der Waals surface area contributed by atoms with Gasteiger partial charge in [0.05, 0.1) is 43.6 Å². The van der Waals surface area contributed by atoms with Gasteiger partial charge in [0.2, 0.25) is 5.78 Å². The number of halogens is 1. The first-order valence-corrected chi connectivity index (χ1v) is 10.4. The van der Waals surface area contributed by atoms with E-state index < -0.39 is 11.7 Å². The highest BCUT2D eigenvalue weighted by atomic mass is 32.1. The number of amides is 1. The lowest BCUT2D eigenvalue weighted by molar-refractivity contribution is 0.0902. The summed E-state index contributed by atoms with van der Waals surface area (Å²) in [6, 6.07) is 9.53. The molecule has 7 nitrogen and oxygen atoms in total. The molecule has 0 saturated carbocycles. The second kappa shape index (κ2) is 9.11. The van der Waals surface area contributed by atoms with Gasteiger partial charge >= 0.3 is 0 Å². The van der Waals surface area contributed by atoms with Gasteiger partial charge in [-0.15, -0.1) is 11.3 Å². The molecule has 0 spiro atoms. The third-order valence-corrected chi connectivity index (χ3v) is 5.81. The highest BCUT2D eigenvalue weighted by Crippen LogP contribution is 2.34. The van der Waals surface area contributed by atoms with Crippen molar-refractivity contribution in [3.63, 3.8) is 0 Å². The summed E-state index contributed by atoms with van der Waals surface area (Å²) in [5.41, 5.74) is 1.58. The Labute approximate surface area is 186 Å². The number of ketones is 1. The van der Waals surface area contributed by atoms with Gasteiger partial charge in [-0.25, -0.2) is 9.37 Å². The van der Waals surface area contributed by atoms with E-state index in [0.717, 1.165) is 0 Å². The molecule has 9 heteroatoms. The standard InChI is InChI=1S/C23H18FN3O4S/c1-30-20-7-6-13(8-21(20)31-2)23(29)26-11-19(28)18-10-25-9-17(27-18)15-12-32-22-14(15)4-3-5-16(22)24/h3-10,12H,11H2,1-2H3,(H,26,29). The Bertz CT molecular complexity index is 1320. The van der Waals surface area contributed by atoms with Crippen LogP contribution in [0, 0.1) is 5.82 Å². The number of methoxy groups -OCH3 is 2. The number of thiophene rings is 1. The number of hydrogen-bond acceptors (Lipinski definition) is 7. The Morgan fingerprint density at radius 3 is 2.69 bits per heavy atom. The van der Waals surface area contributed by atoms with E-state index in [1.54, 1.807) is 29.6 Å². The Morgan fingerprint density at radius 2 is 1.91 bits per heavy atom.